The molecule has 2 saturated heterocycles. The number of carbonyl (C=O) groups is 2. The summed E-state index contributed by atoms with van der Waals surface area (Å²) >= 11 is 5.76. The summed E-state index contributed by atoms with van der Waals surface area (Å²) in [6, 6.07) is 4.23. The van der Waals surface area contributed by atoms with Gasteiger partial charge in [-0.25, -0.2) is 8.78 Å². The fourth-order valence-electron chi connectivity index (χ4n) is 3.86. The van der Waals surface area contributed by atoms with Crippen LogP contribution in [-0.2, 0) is 9.59 Å². The van der Waals surface area contributed by atoms with Gasteiger partial charge in [0.2, 0.25) is 11.8 Å². The molecule has 2 fully saturated rings. The van der Waals surface area contributed by atoms with Crippen LogP contribution in [0.3, 0.4) is 0 Å². The number of piperidine rings is 1. The molecule has 0 spiro atoms. The second kappa shape index (κ2) is 11.0. The van der Waals surface area contributed by atoms with E-state index < -0.39 is 18.1 Å². The van der Waals surface area contributed by atoms with Gasteiger partial charge in [-0.15, -0.1) is 0 Å². The fraction of sp³-hybridized carbons (Fsp3) is 0.545. The van der Waals surface area contributed by atoms with Crippen LogP contribution in [0, 0.1) is 5.82 Å². The first kappa shape index (κ1) is 23.6. The van der Waals surface area contributed by atoms with E-state index in [4.69, 9.17) is 11.6 Å². The van der Waals surface area contributed by atoms with Gasteiger partial charge < -0.3 is 19.8 Å². The highest BCUT2D eigenvalue weighted by molar-refractivity contribution is 6.30. The average Bonchev–Trinajstić information content (AvgIpc) is 2.93. The van der Waals surface area contributed by atoms with E-state index in [-0.39, 0.29) is 29.8 Å². The van der Waals surface area contributed by atoms with E-state index in [0.29, 0.717) is 57.7 Å². The van der Waals surface area contributed by atoms with Crippen molar-refractivity contribution in [2.45, 2.75) is 31.5 Å². The molecular formula is C22H28ClF2N3O3. The summed E-state index contributed by atoms with van der Waals surface area (Å²) in [5.41, 5.74) is 0.619. The molecule has 0 saturated carbocycles. The van der Waals surface area contributed by atoms with E-state index >= 15 is 0 Å². The monoisotopic (exact) mass is 455 g/mol. The van der Waals surface area contributed by atoms with Crippen LogP contribution in [0.25, 0.3) is 6.08 Å². The average molecular weight is 456 g/mol. The van der Waals surface area contributed by atoms with Crippen LogP contribution in [0.4, 0.5) is 8.78 Å². The maximum Gasteiger partial charge on any atom is 0.246 e. The van der Waals surface area contributed by atoms with Crippen LogP contribution in [0.5, 0.6) is 0 Å². The SMILES string of the molecule is O=C(C=Cc1ccc(F)c(Cl)c1)N1CCC(=O)N(CCCN2CC[C@H](O)[C@@H](F)C2)CC1. The summed E-state index contributed by atoms with van der Waals surface area (Å²) in [5.74, 6) is -0.725. The van der Waals surface area contributed by atoms with Gasteiger partial charge in [-0.1, -0.05) is 17.7 Å². The molecular weight excluding hydrogens is 428 g/mol. The molecule has 0 aromatic heterocycles. The summed E-state index contributed by atoms with van der Waals surface area (Å²) < 4.78 is 26.9. The summed E-state index contributed by atoms with van der Waals surface area (Å²) in [7, 11) is 0. The van der Waals surface area contributed by atoms with E-state index in [0.717, 1.165) is 0 Å². The number of benzene rings is 1. The highest BCUT2D eigenvalue weighted by Crippen LogP contribution is 2.17. The first-order chi connectivity index (χ1) is 14.8. The van der Waals surface area contributed by atoms with Crippen molar-refractivity contribution in [3.05, 3.63) is 40.7 Å². The predicted molar refractivity (Wildman–Crippen MR) is 115 cm³/mol. The van der Waals surface area contributed by atoms with Crippen LogP contribution >= 0.6 is 11.6 Å². The molecule has 1 N–H and O–H groups in total. The lowest BCUT2D eigenvalue weighted by atomic mass is 10.1. The molecule has 2 aliphatic rings. The van der Waals surface area contributed by atoms with Gasteiger partial charge in [0.05, 0.1) is 11.1 Å². The second-order valence-electron chi connectivity index (χ2n) is 7.99. The van der Waals surface area contributed by atoms with Gasteiger partial charge in [0.1, 0.15) is 12.0 Å². The van der Waals surface area contributed by atoms with Crippen LogP contribution in [-0.4, -0.2) is 89.7 Å². The molecule has 0 aliphatic carbocycles. The number of hydrogen-bond acceptors (Lipinski definition) is 4. The third-order valence-corrected chi connectivity index (χ3v) is 6.05. The molecule has 170 valence electrons. The lowest BCUT2D eigenvalue weighted by Gasteiger charge is -2.32. The van der Waals surface area contributed by atoms with Crippen molar-refractivity contribution in [3.63, 3.8) is 0 Å². The van der Waals surface area contributed by atoms with Crippen molar-refractivity contribution < 1.29 is 23.5 Å². The van der Waals surface area contributed by atoms with Crippen LogP contribution in [0.2, 0.25) is 5.02 Å². The Labute approximate surface area is 186 Å². The molecule has 2 aliphatic heterocycles. The van der Waals surface area contributed by atoms with Crippen molar-refractivity contribution in [3.8, 4) is 0 Å². The van der Waals surface area contributed by atoms with Gasteiger partial charge in [0.25, 0.3) is 0 Å². The van der Waals surface area contributed by atoms with Crippen LogP contribution in [0.15, 0.2) is 24.3 Å². The second-order valence-corrected chi connectivity index (χ2v) is 8.40. The summed E-state index contributed by atoms with van der Waals surface area (Å²) in [4.78, 5) is 30.3. The molecule has 2 atom stereocenters. The van der Waals surface area contributed by atoms with Gasteiger partial charge in [0.15, 0.2) is 0 Å². The lowest BCUT2D eigenvalue weighted by Crippen LogP contribution is -2.45. The molecule has 2 heterocycles. The smallest absolute Gasteiger partial charge is 0.246 e. The Kier molecular flexibility index (Phi) is 8.40. The largest absolute Gasteiger partial charge is 0.390 e. The summed E-state index contributed by atoms with van der Waals surface area (Å²) in [6.07, 6.45) is 2.29. The van der Waals surface area contributed by atoms with Gasteiger partial charge in [0, 0.05) is 51.8 Å². The Morgan fingerprint density at radius 2 is 2.03 bits per heavy atom. The van der Waals surface area contributed by atoms with Crippen molar-refractivity contribution in [1.82, 2.24) is 14.7 Å². The third kappa shape index (κ3) is 6.72. The quantitative estimate of drug-likeness (QED) is 0.669. The third-order valence-electron chi connectivity index (χ3n) is 5.76. The van der Waals surface area contributed by atoms with Crippen molar-refractivity contribution >= 4 is 29.5 Å². The highest BCUT2D eigenvalue weighted by atomic mass is 35.5. The molecule has 0 unspecified atom stereocenters. The number of nitrogens with zero attached hydrogens (tertiary/aromatic N) is 3. The standard InChI is InChI=1S/C22H28ClF2N3O3/c23-17-14-16(2-4-18(17)24)3-5-21(30)28-11-7-22(31)27(12-13-28)9-1-8-26-10-6-20(29)19(25)15-26/h2-5,14,19-20,29H,1,6-13,15H2/t19-,20-/m0/s1. The van der Waals surface area contributed by atoms with E-state index in [1.165, 1.54) is 24.3 Å². The fourth-order valence-corrected chi connectivity index (χ4v) is 4.05. The number of rotatable bonds is 6. The number of alkyl halides is 1. The topological polar surface area (TPSA) is 64.1 Å². The van der Waals surface area contributed by atoms with Crippen LogP contribution < -0.4 is 0 Å². The summed E-state index contributed by atoms with van der Waals surface area (Å²) in [6.45, 7) is 3.33. The minimum atomic E-state index is -1.22. The van der Waals surface area contributed by atoms with Gasteiger partial charge in [-0.2, -0.15) is 0 Å². The Morgan fingerprint density at radius 1 is 1.23 bits per heavy atom. The number of amides is 2. The molecule has 2 amide bonds. The van der Waals surface area contributed by atoms with E-state index in [1.807, 2.05) is 4.90 Å². The minimum Gasteiger partial charge on any atom is -0.390 e. The van der Waals surface area contributed by atoms with Crippen molar-refractivity contribution in [2.75, 3.05) is 45.8 Å². The van der Waals surface area contributed by atoms with Crippen LogP contribution in [0.1, 0.15) is 24.8 Å². The normalized spacial score (nSPS) is 23.4. The highest BCUT2D eigenvalue weighted by Gasteiger charge is 2.27. The van der Waals surface area contributed by atoms with Gasteiger partial charge >= 0.3 is 0 Å². The molecule has 6 nitrogen and oxygen atoms in total. The Bertz CT molecular complexity index is 823. The number of aliphatic hydroxyl groups excluding tert-OH is 1. The molecule has 0 bridgehead atoms. The van der Waals surface area contributed by atoms with Gasteiger partial charge in [-0.3, -0.25) is 9.59 Å². The first-order valence-electron chi connectivity index (χ1n) is 10.6. The maximum absolute atomic E-state index is 13.6. The zero-order chi connectivity index (χ0) is 22.4. The first-order valence-corrected chi connectivity index (χ1v) is 11.0. The molecule has 1 aromatic rings. The number of carbonyl (C=O) groups excluding carboxylic acids is 2. The maximum atomic E-state index is 13.6. The molecule has 0 radical (unpaired) electrons. The van der Waals surface area contributed by atoms with Crippen molar-refractivity contribution in [1.29, 1.82) is 0 Å². The molecule has 31 heavy (non-hydrogen) atoms. The Hall–Kier alpha value is -2.03. The minimum absolute atomic E-state index is 0.00188. The zero-order valence-electron chi connectivity index (χ0n) is 17.4. The lowest BCUT2D eigenvalue weighted by molar-refractivity contribution is -0.130. The molecule has 1 aromatic carbocycles. The van der Waals surface area contributed by atoms with Gasteiger partial charge in [-0.05, 0) is 43.2 Å². The van der Waals surface area contributed by atoms with Crippen molar-refractivity contribution in [2.24, 2.45) is 0 Å². The number of likely N-dealkylation sites (tertiary alicyclic amines) is 1. The van der Waals surface area contributed by atoms with E-state index in [2.05, 4.69) is 0 Å². The summed E-state index contributed by atoms with van der Waals surface area (Å²) in [5, 5.41) is 9.47. The zero-order valence-corrected chi connectivity index (χ0v) is 18.1. The molecule has 3 rings (SSSR count). The number of aliphatic hydroxyl groups is 1. The van der Waals surface area contributed by atoms with E-state index in [9.17, 15) is 23.5 Å². The number of hydrogen-bond donors (Lipinski definition) is 1. The Morgan fingerprint density at radius 3 is 2.77 bits per heavy atom. The number of halogens is 3. The Balaban J connectivity index is 1.45. The molecule has 9 heteroatoms. The van der Waals surface area contributed by atoms with E-state index in [1.54, 1.807) is 15.9 Å². The predicted octanol–water partition coefficient (Wildman–Crippen LogP) is 2.35.